The van der Waals surface area contributed by atoms with Crippen molar-refractivity contribution in [2.75, 3.05) is 33.4 Å². The number of nitrogens with zero attached hydrogens (tertiary/aromatic N) is 1. The van der Waals surface area contributed by atoms with Gasteiger partial charge in [0.05, 0.1) is 6.10 Å². The minimum absolute atomic E-state index is 0.404. The minimum atomic E-state index is 0.404. The van der Waals surface area contributed by atoms with E-state index in [0.717, 1.165) is 38.6 Å². The van der Waals surface area contributed by atoms with Gasteiger partial charge >= 0.3 is 0 Å². The smallest absolute Gasteiger partial charge is 0.0627 e. The second-order valence-corrected chi connectivity index (χ2v) is 6.35. The molecule has 3 rings (SSSR count). The second-order valence-electron chi connectivity index (χ2n) is 6.35. The van der Waals surface area contributed by atoms with Crippen LogP contribution in [0.5, 0.6) is 0 Å². The van der Waals surface area contributed by atoms with Gasteiger partial charge in [-0.3, -0.25) is 4.90 Å². The molecule has 2 aliphatic rings. The fourth-order valence-corrected chi connectivity index (χ4v) is 3.84. The predicted octanol–water partition coefficient (Wildman–Crippen LogP) is 2.75. The molecule has 0 saturated carbocycles. The molecule has 0 aromatic heterocycles. The number of ether oxygens (including phenoxy) is 2. The van der Waals surface area contributed by atoms with Gasteiger partial charge in [-0.05, 0) is 31.2 Å². The van der Waals surface area contributed by atoms with Crippen LogP contribution in [0.25, 0.3) is 0 Å². The van der Waals surface area contributed by atoms with Crippen LogP contribution in [0.2, 0.25) is 0 Å². The molecule has 3 nitrogen and oxygen atoms in total. The highest BCUT2D eigenvalue weighted by molar-refractivity contribution is 5.16. The third-order valence-electron chi connectivity index (χ3n) is 5.05. The highest BCUT2D eigenvalue weighted by Crippen LogP contribution is 2.27. The summed E-state index contributed by atoms with van der Waals surface area (Å²) in [5, 5.41) is 0. The van der Waals surface area contributed by atoms with Gasteiger partial charge in [0.1, 0.15) is 0 Å². The fraction of sp³-hybridized carbons (Fsp3) is 0.667. The zero-order chi connectivity index (χ0) is 14.5. The topological polar surface area (TPSA) is 21.7 Å². The third kappa shape index (κ3) is 3.85. The number of methoxy groups -OCH3 is 1. The Labute approximate surface area is 128 Å². The maximum absolute atomic E-state index is 5.76. The molecule has 0 spiro atoms. The van der Waals surface area contributed by atoms with Gasteiger partial charge in [-0.25, -0.2) is 0 Å². The summed E-state index contributed by atoms with van der Waals surface area (Å²) in [4.78, 5) is 2.69. The maximum atomic E-state index is 5.76. The molecule has 0 aliphatic carbocycles. The summed E-state index contributed by atoms with van der Waals surface area (Å²) in [5.74, 6) is 0.606. The van der Waals surface area contributed by atoms with Crippen molar-refractivity contribution in [3.8, 4) is 0 Å². The molecule has 0 radical (unpaired) electrons. The lowest BCUT2D eigenvalue weighted by atomic mass is 9.87. The molecule has 0 bridgehead atoms. The molecule has 2 saturated heterocycles. The number of hydrogen-bond donors (Lipinski definition) is 0. The van der Waals surface area contributed by atoms with Gasteiger partial charge in [-0.1, -0.05) is 30.3 Å². The molecule has 2 atom stereocenters. The molecule has 2 aliphatic heterocycles. The first-order valence-electron chi connectivity index (χ1n) is 8.25. The number of benzene rings is 1. The Kier molecular flexibility index (Phi) is 5.28. The van der Waals surface area contributed by atoms with Crippen LogP contribution < -0.4 is 0 Å². The first-order valence-corrected chi connectivity index (χ1v) is 8.25. The number of rotatable bonds is 4. The lowest BCUT2D eigenvalue weighted by Gasteiger charge is -2.43. The Hall–Kier alpha value is -0.900. The van der Waals surface area contributed by atoms with E-state index < -0.39 is 0 Å². The zero-order valence-corrected chi connectivity index (χ0v) is 13.0. The molecule has 2 heterocycles. The van der Waals surface area contributed by atoms with Crippen LogP contribution in [-0.2, 0) is 15.9 Å². The molecule has 2 fully saturated rings. The van der Waals surface area contributed by atoms with Crippen LogP contribution in [0, 0.1) is 5.92 Å². The Bertz CT molecular complexity index is 416. The highest BCUT2D eigenvalue weighted by atomic mass is 16.5. The molecule has 0 N–H and O–H groups in total. The zero-order valence-electron chi connectivity index (χ0n) is 13.0. The quantitative estimate of drug-likeness (QED) is 0.851. The van der Waals surface area contributed by atoms with Gasteiger partial charge in [0.2, 0.25) is 0 Å². The summed E-state index contributed by atoms with van der Waals surface area (Å²) >= 11 is 0. The van der Waals surface area contributed by atoms with E-state index in [0.29, 0.717) is 12.0 Å². The largest absolute Gasteiger partial charge is 0.381 e. The summed E-state index contributed by atoms with van der Waals surface area (Å²) in [6, 6.07) is 11.5. The van der Waals surface area contributed by atoms with Gasteiger partial charge in [0.15, 0.2) is 0 Å². The van der Waals surface area contributed by atoms with Crippen molar-refractivity contribution in [3.05, 3.63) is 35.9 Å². The van der Waals surface area contributed by atoms with E-state index >= 15 is 0 Å². The monoisotopic (exact) mass is 289 g/mol. The third-order valence-corrected chi connectivity index (χ3v) is 5.05. The van der Waals surface area contributed by atoms with Crippen LogP contribution in [0.1, 0.15) is 24.8 Å². The van der Waals surface area contributed by atoms with Crippen molar-refractivity contribution < 1.29 is 9.47 Å². The van der Waals surface area contributed by atoms with E-state index in [-0.39, 0.29) is 0 Å². The Morgan fingerprint density at radius 1 is 1.14 bits per heavy atom. The summed E-state index contributed by atoms with van der Waals surface area (Å²) in [6.07, 6.45) is 5.07. The van der Waals surface area contributed by atoms with E-state index in [1.807, 2.05) is 7.11 Å². The maximum Gasteiger partial charge on any atom is 0.0627 e. The first kappa shape index (κ1) is 15.0. The molecule has 1 aromatic rings. The SMILES string of the molecule is CO[C@H]1CCN(C2CCOCC2)C[C@@H]1Cc1ccccc1. The van der Waals surface area contributed by atoms with E-state index in [4.69, 9.17) is 9.47 Å². The van der Waals surface area contributed by atoms with Gasteiger partial charge in [-0.15, -0.1) is 0 Å². The molecule has 0 amide bonds. The van der Waals surface area contributed by atoms with Gasteiger partial charge in [0, 0.05) is 45.4 Å². The molecular formula is C18H27NO2. The predicted molar refractivity (Wildman–Crippen MR) is 84.5 cm³/mol. The summed E-state index contributed by atoms with van der Waals surface area (Å²) in [7, 11) is 1.87. The normalized spacial score (nSPS) is 28.6. The van der Waals surface area contributed by atoms with E-state index in [1.54, 1.807) is 0 Å². The molecule has 116 valence electrons. The number of hydrogen-bond acceptors (Lipinski definition) is 3. The van der Waals surface area contributed by atoms with Crippen molar-refractivity contribution in [2.45, 2.75) is 37.8 Å². The van der Waals surface area contributed by atoms with Crippen molar-refractivity contribution >= 4 is 0 Å². The lowest BCUT2D eigenvalue weighted by molar-refractivity contribution is -0.0385. The summed E-state index contributed by atoms with van der Waals surface area (Å²) < 4.78 is 11.3. The average Bonchev–Trinajstić information content (AvgIpc) is 2.56. The van der Waals surface area contributed by atoms with E-state index in [1.165, 1.54) is 24.9 Å². The Morgan fingerprint density at radius 2 is 1.90 bits per heavy atom. The molecule has 3 heteroatoms. The van der Waals surface area contributed by atoms with Gasteiger partial charge in [-0.2, -0.15) is 0 Å². The van der Waals surface area contributed by atoms with Gasteiger partial charge < -0.3 is 9.47 Å². The van der Waals surface area contributed by atoms with Crippen LogP contribution in [0.4, 0.5) is 0 Å². The van der Waals surface area contributed by atoms with Crippen LogP contribution in [0.3, 0.4) is 0 Å². The number of likely N-dealkylation sites (tertiary alicyclic amines) is 1. The lowest BCUT2D eigenvalue weighted by Crippen LogP contribution is -2.50. The Morgan fingerprint density at radius 3 is 2.62 bits per heavy atom. The minimum Gasteiger partial charge on any atom is -0.381 e. The standard InChI is InChI=1S/C18H27NO2/c1-20-18-7-10-19(17-8-11-21-12-9-17)14-16(18)13-15-5-3-2-4-6-15/h2-6,16-18H,7-14H2,1H3/t16-,18-/m0/s1. The van der Waals surface area contributed by atoms with Crippen LogP contribution >= 0.6 is 0 Å². The van der Waals surface area contributed by atoms with Crippen LogP contribution in [-0.4, -0.2) is 50.5 Å². The van der Waals surface area contributed by atoms with Crippen molar-refractivity contribution in [3.63, 3.8) is 0 Å². The fourth-order valence-electron chi connectivity index (χ4n) is 3.84. The summed E-state index contributed by atoms with van der Waals surface area (Å²) in [5.41, 5.74) is 1.43. The molecule has 21 heavy (non-hydrogen) atoms. The molecule has 1 aromatic carbocycles. The average molecular weight is 289 g/mol. The van der Waals surface area contributed by atoms with Crippen LogP contribution in [0.15, 0.2) is 30.3 Å². The van der Waals surface area contributed by atoms with Crippen molar-refractivity contribution in [1.82, 2.24) is 4.90 Å². The first-order chi connectivity index (χ1) is 10.4. The van der Waals surface area contributed by atoms with Crippen molar-refractivity contribution in [1.29, 1.82) is 0 Å². The van der Waals surface area contributed by atoms with E-state index in [9.17, 15) is 0 Å². The summed E-state index contributed by atoms with van der Waals surface area (Å²) in [6.45, 7) is 4.20. The molecule has 0 unspecified atom stereocenters. The molecular weight excluding hydrogens is 262 g/mol. The van der Waals surface area contributed by atoms with Gasteiger partial charge in [0.25, 0.3) is 0 Å². The van der Waals surface area contributed by atoms with E-state index in [2.05, 4.69) is 35.2 Å². The van der Waals surface area contributed by atoms with Crippen molar-refractivity contribution in [2.24, 2.45) is 5.92 Å². The number of piperidine rings is 1. The Balaban J connectivity index is 1.64. The second kappa shape index (κ2) is 7.39. The highest BCUT2D eigenvalue weighted by Gasteiger charge is 2.33.